The second-order valence-electron chi connectivity index (χ2n) is 9.50. The average Bonchev–Trinajstić information content (AvgIpc) is 3.46. The van der Waals surface area contributed by atoms with E-state index in [4.69, 9.17) is 0 Å². The molecule has 39 heavy (non-hydrogen) atoms. The van der Waals surface area contributed by atoms with Gasteiger partial charge in [0.15, 0.2) is 10.9 Å². The van der Waals surface area contributed by atoms with Gasteiger partial charge in [0, 0.05) is 37.3 Å². The molecular weight excluding hydrogens is 551 g/mol. The Morgan fingerprint density at radius 2 is 1.74 bits per heavy atom. The van der Waals surface area contributed by atoms with Crippen LogP contribution in [0.1, 0.15) is 24.2 Å². The highest BCUT2D eigenvalue weighted by atomic mass is 32.2. The quantitative estimate of drug-likeness (QED) is 0.319. The van der Waals surface area contributed by atoms with E-state index in [2.05, 4.69) is 10.1 Å². The lowest BCUT2D eigenvalue weighted by Gasteiger charge is -2.33. The number of rotatable bonds is 7. The van der Waals surface area contributed by atoms with Crippen LogP contribution >= 0.6 is 11.3 Å². The van der Waals surface area contributed by atoms with Gasteiger partial charge in [-0.3, -0.25) is 14.4 Å². The Labute approximate surface area is 227 Å². The third-order valence-corrected chi connectivity index (χ3v) is 9.73. The highest BCUT2D eigenvalue weighted by Crippen LogP contribution is 2.33. The second-order valence-corrected chi connectivity index (χ2v) is 12.5. The minimum atomic E-state index is -3.83. The monoisotopic (exact) mass is 577 g/mol. The molecule has 0 radical (unpaired) electrons. The van der Waals surface area contributed by atoms with Crippen molar-refractivity contribution in [1.29, 1.82) is 0 Å². The van der Waals surface area contributed by atoms with Crippen molar-refractivity contribution in [2.75, 3.05) is 24.5 Å². The summed E-state index contributed by atoms with van der Waals surface area (Å²) in [6.45, 7) is 4.54. The van der Waals surface area contributed by atoms with Crippen LogP contribution in [0.5, 0.6) is 0 Å². The predicted octanol–water partition coefficient (Wildman–Crippen LogP) is 4.66. The zero-order valence-electron chi connectivity index (χ0n) is 21.3. The van der Waals surface area contributed by atoms with Gasteiger partial charge in [0.1, 0.15) is 17.2 Å². The summed E-state index contributed by atoms with van der Waals surface area (Å²) in [5.41, 5.74) is 1.73. The highest BCUT2D eigenvalue weighted by Gasteiger charge is 2.35. The number of aryl methyl sites for hydroxylation is 2. The molecule has 1 fully saturated rings. The molecule has 0 N–H and O–H groups in total. The first-order valence-corrected chi connectivity index (χ1v) is 14.6. The molecule has 1 aliphatic rings. The zero-order chi connectivity index (χ0) is 27.9. The summed E-state index contributed by atoms with van der Waals surface area (Å²) in [5, 5.41) is 4.68. The van der Waals surface area contributed by atoms with Gasteiger partial charge in [0.2, 0.25) is 15.9 Å². The molecule has 1 aliphatic heterocycles. The van der Waals surface area contributed by atoms with Crippen LogP contribution in [0.15, 0.2) is 47.4 Å². The maximum Gasteiger partial charge on any atom is 0.243 e. The van der Waals surface area contributed by atoms with Crippen molar-refractivity contribution >= 4 is 42.6 Å². The van der Waals surface area contributed by atoms with Gasteiger partial charge in [-0.15, -0.1) is 0 Å². The molecule has 4 aromatic rings. The average molecular weight is 578 g/mol. The number of halogens is 3. The maximum atomic E-state index is 14.4. The summed E-state index contributed by atoms with van der Waals surface area (Å²) in [7, 11) is -3.83. The number of benzene rings is 2. The molecule has 8 nitrogen and oxygen atoms in total. The molecule has 13 heteroatoms. The number of amides is 1. The van der Waals surface area contributed by atoms with Gasteiger partial charge in [-0.2, -0.15) is 9.40 Å². The molecule has 206 valence electrons. The number of hydrogen-bond donors (Lipinski definition) is 0. The number of thiazole rings is 1. The lowest BCUT2D eigenvalue weighted by molar-refractivity contribution is -0.123. The predicted molar refractivity (Wildman–Crippen MR) is 141 cm³/mol. The van der Waals surface area contributed by atoms with Crippen LogP contribution in [0.3, 0.4) is 0 Å². The summed E-state index contributed by atoms with van der Waals surface area (Å²) in [6.07, 6.45) is 0.535. The van der Waals surface area contributed by atoms with E-state index in [1.165, 1.54) is 27.4 Å². The summed E-state index contributed by atoms with van der Waals surface area (Å²) in [4.78, 5) is 19.6. The van der Waals surface area contributed by atoms with Crippen molar-refractivity contribution in [3.05, 3.63) is 71.3 Å². The van der Waals surface area contributed by atoms with E-state index < -0.39 is 33.4 Å². The van der Waals surface area contributed by atoms with E-state index in [1.54, 1.807) is 4.68 Å². The molecule has 3 heterocycles. The Balaban J connectivity index is 1.37. The Morgan fingerprint density at radius 1 is 1.05 bits per heavy atom. The molecule has 0 aliphatic carbocycles. The number of carbonyl (C=O) groups is 1. The first-order chi connectivity index (χ1) is 18.5. The van der Waals surface area contributed by atoms with Crippen LogP contribution in [-0.2, 0) is 21.4 Å². The molecule has 0 unspecified atom stereocenters. The number of hydrogen-bond acceptors (Lipinski definition) is 6. The maximum absolute atomic E-state index is 14.4. The van der Waals surface area contributed by atoms with Crippen LogP contribution < -0.4 is 4.90 Å². The number of anilines is 1. The Kier molecular flexibility index (Phi) is 7.49. The molecule has 5 rings (SSSR count). The fourth-order valence-corrected chi connectivity index (χ4v) is 7.28. The third-order valence-electron chi connectivity index (χ3n) is 6.79. The first kappa shape index (κ1) is 27.3. The van der Waals surface area contributed by atoms with Crippen molar-refractivity contribution in [2.45, 2.75) is 38.1 Å². The van der Waals surface area contributed by atoms with Crippen molar-refractivity contribution < 1.29 is 26.4 Å². The number of fused-ring (bicyclic) bond motifs is 1. The van der Waals surface area contributed by atoms with Crippen LogP contribution in [-0.4, -0.2) is 53.0 Å². The number of sulfonamides is 1. The third kappa shape index (κ3) is 5.56. The van der Waals surface area contributed by atoms with Gasteiger partial charge in [-0.1, -0.05) is 11.3 Å². The fraction of sp³-hybridized carbons (Fsp3) is 0.346. The molecule has 0 saturated carbocycles. The van der Waals surface area contributed by atoms with Crippen LogP contribution in [0.4, 0.5) is 18.3 Å². The van der Waals surface area contributed by atoms with Crippen molar-refractivity contribution in [1.82, 2.24) is 19.1 Å². The summed E-state index contributed by atoms with van der Waals surface area (Å²) < 4.78 is 70.9. The number of nitrogens with zero attached hydrogens (tertiary/aromatic N) is 5. The SMILES string of the molecule is Cc1cc(C)n(CCN(C(=O)C2CCN(S(=O)(=O)c3ccc(F)cc3)CC2)c2nc3c(F)cc(F)cc3s2)n1. The second kappa shape index (κ2) is 10.7. The lowest BCUT2D eigenvalue weighted by atomic mass is 9.96. The topological polar surface area (TPSA) is 88.4 Å². The lowest BCUT2D eigenvalue weighted by Crippen LogP contribution is -2.45. The number of piperidine rings is 1. The van der Waals surface area contributed by atoms with Crippen LogP contribution in [0, 0.1) is 37.2 Å². The highest BCUT2D eigenvalue weighted by molar-refractivity contribution is 7.89. The van der Waals surface area contributed by atoms with Gasteiger partial charge >= 0.3 is 0 Å². The van der Waals surface area contributed by atoms with Gasteiger partial charge in [0.25, 0.3) is 0 Å². The zero-order valence-corrected chi connectivity index (χ0v) is 22.9. The van der Waals surface area contributed by atoms with Gasteiger partial charge < -0.3 is 0 Å². The van der Waals surface area contributed by atoms with Gasteiger partial charge in [-0.25, -0.2) is 26.6 Å². The van der Waals surface area contributed by atoms with Crippen molar-refractivity contribution in [3.63, 3.8) is 0 Å². The summed E-state index contributed by atoms with van der Waals surface area (Å²) in [5.74, 6) is -2.84. The van der Waals surface area contributed by atoms with E-state index >= 15 is 0 Å². The summed E-state index contributed by atoms with van der Waals surface area (Å²) in [6, 6.07) is 8.48. The minimum Gasteiger partial charge on any atom is -0.286 e. The van der Waals surface area contributed by atoms with Crippen molar-refractivity contribution in [3.8, 4) is 0 Å². The molecule has 2 aromatic heterocycles. The normalized spacial score (nSPS) is 15.2. The molecule has 0 atom stereocenters. The van der Waals surface area contributed by atoms with E-state index in [1.807, 2.05) is 19.9 Å². The summed E-state index contributed by atoms with van der Waals surface area (Å²) >= 11 is 1.02. The van der Waals surface area contributed by atoms with E-state index in [0.29, 0.717) is 6.54 Å². The molecule has 0 spiro atoms. The molecule has 0 bridgehead atoms. The first-order valence-electron chi connectivity index (χ1n) is 12.4. The van der Waals surface area contributed by atoms with Crippen LogP contribution in [0.2, 0.25) is 0 Å². The van der Waals surface area contributed by atoms with E-state index in [-0.39, 0.29) is 58.6 Å². The Hall–Kier alpha value is -3.29. The largest absolute Gasteiger partial charge is 0.286 e. The number of carbonyl (C=O) groups excluding carboxylic acids is 1. The van der Waals surface area contributed by atoms with E-state index in [9.17, 15) is 26.4 Å². The minimum absolute atomic E-state index is 0.0103. The Bertz CT molecular complexity index is 1630. The molecular formula is C26H26F3N5O3S2. The van der Waals surface area contributed by atoms with Crippen molar-refractivity contribution in [2.24, 2.45) is 5.92 Å². The fourth-order valence-electron chi connectivity index (χ4n) is 4.78. The number of aromatic nitrogens is 3. The standard InChI is InChI=1S/C26H26F3N5O3S2/c1-16-13-17(2)34(31-16)12-11-33(26-30-24-22(29)14-20(28)15-23(24)38-26)25(35)18-7-9-32(10-8-18)39(36,37)21-5-3-19(27)4-6-21/h3-6,13-15,18H,7-12H2,1-2H3. The van der Waals surface area contributed by atoms with Gasteiger partial charge in [-0.05, 0) is 63.1 Å². The molecule has 2 aromatic carbocycles. The van der Waals surface area contributed by atoms with Crippen LogP contribution in [0.25, 0.3) is 10.2 Å². The molecule has 1 amide bonds. The smallest absolute Gasteiger partial charge is 0.243 e. The molecule has 1 saturated heterocycles. The van der Waals surface area contributed by atoms with Gasteiger partial charge in [0.05, 0.1) is 21.8 Å². The van der Waals surface area contributed by atoms with E-state index in [0.717, 1.165) is 40.9 Å². The Morgan fingerprint density at radius 3 is 2.38 bits per heavy atom.